The third kappa shape index (κ3) is 3.20. The van der Waals surface area contributed by atoms with Crippen molar-refractivity contribution >= 4 is 22.0 Å². The van der Waals surface area contributed by atoms with Gasteiger partial charge in [0.1, 0.15) is 5.75 Å². The van der Waals surface area contributed by atoms with E-state index in [0.29, 0.717) is 18.8 Å². The number of benzene rings is 1. The van der Waals surface area contributed by atoms with Gasteiger partial charge >= 0.3 is 6.09 Å². The number of hydrogen-bond donors (Lipinski definition) is 1. The molecule has 0 spiro atoms. The summed E-state index contributed by atoms with van der Waals surface area (Å²) in [5.41, 5.74) is 0.947. The van der Waals surface area contributed by atoms with Gasteiger partial charge in [-0.15, -0.1) is 0 Å². The van der Waals surface area contributed by atoms with Crippen LogP contribution in [0.15, 0.2) is 22.7 Å². The quantitative estimate of drug-likeness (QED) is 0.864. The lowest BCUT2D eigenvalue weighted by Gasteiger charge is -2.26. The Morgan fingerprint density at radius 2 is 2.12 bits per heavy atom. The minimum atomic E-state index is -0.267. The van der Waals surface area contributed by atoms with Crippen molar-refractivity contribution in [1.82, 2.24) is 10.2 Å². The van der Waals surface area contributed by atoms with Gasteiger partial charge in [0.05, 0.1) is 0 Å². The summed E-state index contributed by atoms with van der Waals surface area (Å²) in [6, 6.07) is 5.60. The van der Waals surface area contributed by atoms with E-state index in [1.54, 1.807) is 11.0 Å². The van der Waals surface area contributed by atoms with Crippen molar-refractivity contribution in [2.24, 2.45) is 0 Å². The molecule has 0 radical (unpaired) electrons. The maximum atomic E-state index is 11.9. The molecule has 1 aliphatic heterocycles. The zero-order chi connectivity index (χ0) is 12.3. The van der Waals surface area contributed by atoms with Crippen LogP contribution in [0.4, 0.5) is 4.79 Å². The molecule has 0 saturated carbocycles. The summed E-state index contributed by atoms with van der Waals surface area (Å²) in [4.78, 5) is 13.6. The molecule has 1 amide bonds. The van der Waals surface area contributed by atoms with E-state index >= 15 is 0 Å². The molecule has 0 atom stereocenters. The van der Waals surface area contributed by atoms with Crippen molar-refractivity contribution in [3.8, 4) is 5.75 Å². The predicted octanol–water partition coefficient (Wildman–Crippen LogP) is 2.16. The highest BCUT2D eigenvalue weighted by molar-refractivity contribution is 9.10. The molecule has 0 aliphatic carbocycles. The van der Waals surface area contributed by atoms with Crippen molar-refractivity contribution in [3.05, 3.63) is 28.2 Å². The van der Waals surface area contributed by atoms with E-state index in [9.17, 15) is 4.79 Å². The molecule has 1 aliphatic rings. The standard InChI is InChI=1S/C12H15BrN2O2/c1-9-8-10(13)2-3-11(9)17-12(16)15-6-4-14-5-7-15/h2-3,8,14H,4-7H2,1H3. The number of halogens is 1. The number of nitrogens with zero attached hydrogens (tertiary/aromatic N) is 1. The molecular formula is C12H15BrN2O2. The lowest BCUT2D eigenvalue weighted by atomic mass is 10.2. The molecule has 0 aromatic heterocycles. The molecule has 1 heterocycles. The van der Waals surface area contributed by atoms with Crippen LogP contribution in [0.1, 0.15) is 5.56 Å². The van der Waals surface area contributed by atoms with Crippen LogP contribution in [0, 0.1) is 6.92 Å². The minimum Gasteiger partial charge on any atom is -0.410 e. The van der Waals surface area contributed by atoms with Gasteiger partial charge in [0, 0.05) is 30.7 Å². The van der Waals surface area contributed by atoms with Gasteiger partial charge in [-0.25, -0.2) is 4.79 Å². The highest BCUT2D eigenvalue weighted by Gasteiger charge is 2.18. The van der Waals surface area contributed by atoms with E-state index in [4.69, 9.17) is 4.74 Å². The van der Waals surface area contributed by atoms with Crippen LogP contribution in [0.3, 0.4) is 0 Å². The summed E-state index contributed by atoms with van der Waals surface area (Å²) in [7, 11) is 0. The molecule has 1 fully saturated rings. The topological polar surface area (TPSA) is 41.6 Å². The zero-order valence-electron chi connectivity index (χ0n) is 9.70. The number of hydrogen-bond acceptors (Lipinski definition) is 3. The van der Waals surface area contributed by atoms with Crippen LogP contribution in [0.2, 0.25) is 0 Å². The Labute approximate surface area is 109 Å². The highest BCUT2D eigenvalue weighted by Crippen LogP contribution is 2.22. The Morgan fingerprint density at radius 3 is 2.76 bits per heavy atom. The molecule has 1 aromatic carbocycles. The lowest BCUT2D eigenvalue weighted by molar-refractivity contribution is 0.145. The molecule has 0 unspecified atom stereocenters. The fraction of sp³-hybridized carbons (Fsp3) is 0.417. The van der Waals surface area contributed by atoms with Gasteiger partial charge in [0.15, 0.2) is 0 Å². The second kappa shape index (κ2) is 5.51. The van der Waals surface area contributed by atoms with Gasteiger partial charge in [0.25, 0.3) is 0 Å². The Bertz CT molecular complexity index is 417. The largest absolute Gasteiger partial charge is 0.415 e. The first-order valence-corrected chi connectivity index (χ1v) is 6.40. The molecule has 5 heteroatoms. The third-order valence-electron chi connectivity index (χ3n) is 2.71. The summed E-state index contributed by atoms with van der Waals surface area (Å²) in [6.45, 7) is 4.98. The van der Waals surface area contributed by atoms with Crippen LogP contribution in [0.5, 0.6) is 5.75 Å². The number of carbonyl (C=O) groups is 1. The van der Waals surface area contributed by atoms with Crippen LogP contribution < -0.4 is 10.1 Å². The summed E-state index contributed by atoms with van der Waals surface area (Å²) < 4.78 is 6.36. The number of ether oxygens (including phenoxy) is 1. The Morgan fingerprint density at radius 1 is 1.41 bits per heavy atom. The number of carbonyl (C=O) groups excluding carboxylic acids is 1. The van der Waals surface area contributed by atoms with E-state index < -0.39 is 0 Å². The normalized spacial score (nSPS) is 15.8. The highest BCUT2D eigenvalue weighted by atomic mass is 79.9. The first-order valence-electron chi connectivity index (χ1n) is 5.60. The first-order chi connectivity index (χ1) is 8.16. The smallest absolute Gasteiger partial charge is 0.410 e. The van der Waals surface area contributed by atoms with Gasteiger partial charge < -0.3 is 15.0 Å². The molecule has 4 nitrogen and oxygen atoms in total. The van der Waals surface area contributed by atoms with E-state index in [0.717, 1.165) is 23.1 Å². The number of amides is 1. The molecule has 0 bridgehead atoms. The predicted molar refractivity (Wildman–Crippen MR) is 69.3 cm³/mol. The van der Waals surface area contributed by atoms with Gasteiger partial charge in [-0.3, -0.25) is 0 Å². The van der Waals surface area contributed by atoms with Gasteiger partial charge in [-0.05, 0) is 30.7 Å². The molecule has 1 saturated heterocycles. The molecule has 1 N–H and O–H groups in total. The van der Waals surface area contributed by atoms with Gasteiger partial charge in [-0.1, -0.05) is 15.9 Å². The maximum absolute atomic E-state index is 11.9. The van der Waals surface area contributed by atoms with E-state index in [2.05, 4.69) is 21.2 Å². The van der Waals surface area contributed by atoms with Crippen molar-refractivity contribution in [2.45, 2.75) is 6.92 Å². The van der Waals surface area contributed by atoms with E-state index in [-0.39, 0.29) is 6.09 Å². The maximum Gasteiger partial charge on any atom is 0.415 e. The molecule has 17 heavy (non-hydrogen) atoms. The average Bonchev–Trinajstić information content (AvgIpc) is 2.34. The van der Waals surface area contributed by atoms with E-state index in [1.807, 2.05) is 19.1 Å². The Kier molecular flexibility index (Phi) is 4.02. The SMILES string of the molecule is Cc1cc(Br)ccc1OC(=O)N1CCNCC1. The minimum absolute atomic E-state index is 0.267. The molecule has 1 aromatic rings. The lowest BCUT2D eigenvalue weighted by Crippen LogP contribution is -2.47. The first kappa shape index (κ1) is 12.4. The third-order valence-corrected chi connectivity index (χ3v) is 3.20. The van der Waals surface area contributed by atoms with E-state index in [1.165, 1.54) is 0 Å². The van der Waals surface area contributed by atoms with Crippen molar-refractivity contribution in [2.75, 3.05) is 26.2 Å². The van der Waals surface area contributed by atoms with Crippen LogP contribution >= 0.6 is 15.9 Å². The van der Waals surface area contributed by atoms with Crippen molar-refractivity contribution in [1.29, 1.82) is 0 Å². The van der Waals surface area contributed by atoms with Crippen LogP contribution in [-0.4, -0.2) is 37.2 Å². The van der Waals surface area contributed by atoms with Crippen LogP contribution in [-0.2, 0) is 0 Å². The van der Waals surface area contributed by atoms with Crippen LogP contribution in [0.25, 0.3) is 0 Å². The fourth-order valence-corrected chi connectivity index (χ4v) is 2.21. The van der Waals surface area contributed by atoms with Gasteiger partial charge in [0.2, 0.25) is 0 Å². The summed E-state index contributed by atoms with van der Waals surface area (Å²) in [5, 5.41) is 3.20. The number of nitrogens with one attached hydrogen (secondary N) is 1. The fourth-order valence-electron chi connectivity index (χ4n) is 1.73. The monoisotopic (exact) mass is 298 g/mol. The summed E-state index contributed by atoms with van der Waals surface area (Å²) in [5.74, 6) is 0.622. The molecular weight excluding hydrogens is 284 g/mol. The van der Waals surface area contributed by atoms with Crippen molar-refractivity contribution in [3.63, 3.8) is 0 Å². The molecule has 2 rings (SSSR count). The second-order valence-electron chi connectivity index (χ2n) is 4.01. The van der Waals surface area contributed by atoms with Gasteiger partial charge in [-0.2, -0.15) is 0 Å². The summed E-state index contributed by atoms with van der Waals surface area (Å²) in [6.07, 6.45) is -0.267. The van der Waals surface area contributed by atoms with Crippen molar-refractivity contribution < 1.29 is 9.53 Å². The Balaban J connectivity index is 2.02. The Hall–Kier alpha value is -1.07. The molecule has 92 valence electrons. The number of aryl methyl sites for hydroxylation is 1. The second-order valence-corrected chi connectivity index (χ2v) is 4.93. The summed E-state index contributed by atoms with van der Waals surface area (Å²) >= 11 is 3.38. The average molecular weight is 299 g/mol. The number of piperazine rings is 1. The zero-order valence-corrected chi connectivity index (χ0v) is 11.3. The number of rotatable bonds is 1.